The first-order valence-electron chi connectivity index (χ1n) is 7.28. The first kappa shape index (κ1) is 14.5. The third-order valence-corrected chi connectivity index (χ3v) is 3.46. The molecule has 17 heavy (non-hydrogen) atoms. The van der Waals surface area contributed by atoms with Gasteiger partial charge in [-0.1, -0.05) is 26.7 Å². The van der Waals surface area contributed by atoms with E-state index in [0.29, 0.717) is 12.5 Å². The molecular formula is C14H28N2O. The molecule has 0 aromatic carbocycles. The molecule has 3 nitrogen and oxygen atoms in total. The molecule has 0 aromatic rings. The van der Waals surface area contributed by atoms with Crippen LogP contribution in [0.15, 0.2) is 0 Å². The molecule has 0 atom stereocenters. The van der Waals surface area contributed by atoms with E-state index in [9.17, 15) is 4.79 Å². The van der Waals surface area contributed by atoms with Gasteiger partial charge >= 0.3 is 0 Å². The normalized spacial score (nSPS) is 16.6. The fraction of sp³-hybridized carbons (Fsp3) is 0.929. The maximum absolute atomic E-state index is 11.8. The Hall–Kier alpha value is -0.570. The number of hydrogen-bond donors (Lipinski definition) is 1. The van der Waals surface area contributed by atoms with Gasteiger partial charge in [0.2, 0.25) is 5.91 Å². The van der Waals surface area contributed by atoms with E-state index in [2.05, 4.69) is 24.1 Å². The summed E-state index contributed by atoms with van der Waals surface area (Å²) < 4.78 is 0. The molecule has 0 spiro atoms. The van der Waals surface area contributed by atoms with Crippen molar-refractivity contribution in [3.05, 3.63) is 0 Å². The number of hydrogen-bond acceptors (Lipinski definition) is 2. The fourth-order valence-corrected chi connectivity index (χ4v) is 2.60. The second kappa shape index (κ2) is 8.51. The predicted molar refractivity (Wildman–Crippen MR) is 72.0 cm³/mol. The number of carbonyl (C=O) groups excluding carboxylic acids is 1. The highest BCUT2D eigenvalue weighted by Gasteiger charge is 2.17. The van der Waals surface area contributed by atoms with Crippen LogP contribution in [0.4, 0.5) is 0 Å². The van der Waals surface area contributed by atoms with Gasteiger partial charge in [-0.2, -0.15) is 0 Å². The highest BCUT2D eigenvalue weighted by Crippen LogP contribution is 2.17. The number of amides is 1. The van der Waals surface area contributed by atoms with Crippen molar-refractivity contribution < 1.29 is 4.79 Å². The molecule has 0 saturated heterocycles. The Kier molecular flexibility index (Phi) is 7.25. The van der Waals surface area contributed by atoms with E-state index in [1.165, 1.54) is 38.5 Å². The van der Waals surface area contributed by atoms with Gasteiger partial charge in [-0.15, -0.1) is 0 Å². The lowest BCUT2D eigenvalue weighted by Crippen LogP contribution is -2.36. The van der Waals surface area contributed by atoms with Crippen LogP contribution in [0.1, 0.15) is 58.8 Å². The van der Waals surface area contributed by atoms with E-state index >= 15 is 0 Å². The third-order valence-electron chi connectivity index (χ3n) is 3.46. The van der Waals surface area contributed by atoms with Gasteiger partial charge in [0.05, 0.1) is 0 Å². The number of rotatable bonds is 8. The second-order valence-corrected chi connectivity index (χ2v) is 5.14. The van der Waals surface area contributed by atoms with Gasteiger partial charge in [-0.25, -0.2) is 0 Å². The van der Waals surface area contributed by atoms with Gasteiger partial charge in [0, 0.05) is 19.0 Å². The van der Waals surface area contributed by atoms with Gasteiger partial charge in [0.15, 0.2) is 0 Å². The van der Waals surface area contributed by atoms with Gasteiger partial charge in [0.1, 0.15) is 0 Å². The first-order valence-corrected chi connectivity index (χ1v) is 7.28. The molecule has 0 aromatic heterocycles. The van der Waals surface area contributed by atoms with Crippen molar-refractivity contribution >= 4 is 5.91 Å². The third kappa shape index (κ3) is 6.06. The van der Waals surface area contributed by atoms with E-state index in [-0.39, 0.29) is 5.91 Å². The zero-order valence-corrected chi connectivity index (χ0v) is 11.5. The van der Waals surface area contributed by atoms with Gasteiger partial charge < -0.3 is 10.2 Å². The van der Waals surface area contributed by atoms with E-state index in [1.807, 2.05) is 0 Å². The Labute approximate surface area is 106 Å². The van der Waals surface area contributed by atoms with Crippen molar-refractivity contribution in [2.24, 2.45) is 0 Å². The average molecular weight is 240 g/mol. The molecule has 0 radical (unpaired) electrons. The Balaban J connectivity index is 2.15. The zero-order chi connectivity index (χ0) is 12.5. The molecule has 0 bridgehead atoms. The van der Waals surface area contributed by atoms with Crippen molar-refractivity contribution in [2.45, 2.75) is 64.8 Å². The molecule has 1 N–H and O–H groups in total. The highest BCUT2D eigenvalue weighted by molar-refractivity contribution is 5.76. The maximum Gasteiger partial charge on any atom is 0.221 e. The van der Waals surface area contributed by atoms with Crippen LogP contribution in [-0.4, -0.2) is 36.5 Å². The predicted octanol–water partition coefficient (Wildman–Crippen LogP) is 2.56. The minimum Gasteiger partial charge on any atom is -0.353 e. The van der Waals surface area contributed by atoms with E-state index in [4.69, 9.17) is 0 Å². The van der Waals surface area contributed by atoms with Crippen molar-refractivity contribution in [1.29, 1.82) is 0 Å². The van der Waals surface area contributed by atoms with Crippen LogP contribution in [0.25, 0.3) is 0 Å². The van der Waals surface area contributed by atoms with Crippen LogP contribution in [0.5, 0.6) is 0 Å². The summed E-state index contributed by atoms with van der Waals surface area (Å²) in [6.07, 6.45) is 7.93. The molecule has 1 aliphatic carbocycles. The van der Waals surface area contributed by atoms with Crippen molar-refractivity contribution in [2.75, 3.05) is 19.6 Å². The summed E-state index contributed by atoms with van der Waals surface area (Å²) in [4.78, 5) is 14.2. The summed E-state index contributed by atoms with van der Waals surface area (Å²) in [5.41, 5.74) is 0. The molecule has 1 aliphatic rings. The Morgan fingerprint density at radius 1 is 1.12 bits per heavy atom. The van der Waals surface area contributed by atoms with E-state index < -0.39 is 0 Å². The summed E-state index contributed by atoms with van der Waals surface area (Å²) in [7, 11) is 0. The van der Waals surface area contributed by atoms with Crippen LogP contribution >= 0.6 is 0 Å². The summed E-state index contributed by atoms with van der Waals surface area (Å²) in [6, 6.07) is 0.466. The molecule has 1 rings (SSSR count). The number of nitrogens with zero attached hydrogens (tertiary/aromatic N) is 1. The summed E-state index contributed by atoms with van der Waals surface area (Å²) >= 11 is 0. The average Bonchev–Trinajstić information content (AvgIpc) is 2.79. The summed E-state index contributed by atoms with van der Waals surface area (Å²) in [5.74, 6) is 0.245. The lowest BCUT2D eigenvalue weighted by Gasteiger charge is -2.21. The van der Waals surface area contributed by atoms with Crippen molar-refractivity contribution in [1.82, 2.24) is 10.2 Å². The zero-order valence-electron chi connectivity index (χ0n) is 11.5. The molecule has 1 amide bonds. The smallest absolute Gasteiger partial charge is 0.221 e. The Morgan fingerprint density at radius 2 is 1.71 bits per heavy atom. The van der Waals surface area contributed by atoms with Crippen LogP contribution in [-0.2, 0) is 4.79 Å². The largest absolute Gasteiger partial charge is 0.353 e. The Morgan fingerprint density at radius 3 is 2.24 bits per heavy atom. The maximum atomic E-state index is 11.8. The summed E-state index contributed by atoms with van der Waals surface area (Å²) in [5, 5.41) is 3.15. The number of nitrogens with one attached hydrogen (secondary N) is 1. The van der Waals surface area contributed by atoms with Crippen LogP contribution in [0, 0.1) is 0 Å². The lowest BCUT2D eigenvalue weighted by atomic mass is 10.2. The SMILES string of the molecule is CCCN(CCC)CCC(=O)NC1CCCC1. The van der Waals surface area contributed by atoms with Gasteiger partial charge in [-0.05, 0) is 38.8 Å². The molecule has 1 fully saturated rings. The quantitative estimate of drug-likeness (QED) is 0.707. The minimum absolute atomic E-state index is 0.245. The molecule has 0 heterocycles. The van der Waals surface area contributed by atoms with Gasteiger partial charge in [0.25, 0.3) is 0 Å². The molecule has 1 saturated carbocycles. The fourth-order valence-electron chi connectivity index (χ4n) is 2.60. The topological polar surface area (TPSA) is 32.3 Å². The van der Waals surface area contributed by atoms with Crippen LogP contribution in [0.3, 0.4) is 0 Å². The molecule has 0 unspecified atom stereocenters. The Bertz CT molecular complexity index is 206. The van der Waals surface area contributed by atoms with E-state index in [0.717, 1.165) is 19.6 Å². The standard InChI is InChI=1S/C14H28N2O/c1-3-10-16(11-4-2)12-9-14(17)15-13-7-5-6-8-13/h13H,3-12H2,1-2H3,(H,15,17). The first-order chi connectivity index (χ1) is 8.26. The van der Waals surface area contributed by atoms with Crippen LogP contribution < -0.4 is 5.32 Å². The minimum atomic E-state index is 0.245. The van der Waals surface area contributed by atoms with Crippen molar-refractivity contribution in [3.63, 3.8) is 0 Å². The molecule has 0 aliphatic heterocycles. The highest BCUT2D eigenvalue weighted by atomic mass is 16.1. The molecular weight excluding hydrogens is 212 g/mol. The molecule has 100 valence electrons. The van der Waals surface area contributed by atoms with Crippen molar-refractivity contribution in [3.8, 4) is 0 Å². The summed E-state index contributed by atoms with van der Waals surface area (Å²) in [6.45, 7) is 7.54. The second-order valence-electron chi connectivity index (χ2n) is 5.14. The number of carbonyl (C=O) groups is 1. The lowest BCUT2D eigenvalue weighted by molar-refractivity contribution is -0.122. The van der Waals surface area contributed by atoms with Gasteiger partial charge in [-0.3, -0.25) is 4.79 Å². The van der Waals surface area contributed by atoms with E-state index in [1.54, 1.807) is 0 Å². The molecule has 3 heteroatoms. The monoisotopic (exact) mass is 240 g/mol. The van der Waals surface area contributed by atoms with Crippen LogP contribution in [0.2, 0.25) is 0 Å².